The van der Waals surface area contributed by atoms with E-state index in [9.17, 15) is 4.79 Å². The van der Waals surface area contributed by atoms with Crippen LogP contribution < -0.4 is 5.32 Å². The van der Waals surface area contributed by atoms with E-state index in [0.29, 0.717) is 12.2 Å². The molecule has 3 rings (SSSR count). The van der Waals surface area contributed by atoms with E-state index < -0.39 is 0 Å². The van der Waals surface area contributed by atoms with Gasteiger partial charge in [-0.25, -0.2) is 0 Å². The minimum atomic E-state index is -0.0946. The predicted molar refractivity (Wildman–Crippen MR) is 73.9 cm³/mol. The summed E-state index contributed by atoms with van der Waals surface area (Å²) >= 11 is 0. The number of hydrogen-bond donors (Lipinski definition) is 1. The normalized spacial score (nSPS) is 15.8. The van der Waals surface area contributed by atoms with Crippen molar-refractivity contribution in [3.63, 3.8) is 0 Å². The zero-order valence-electron chi connectivity index (χ0n) is 10.7. The van der Waals surface area contributed by atoms with E-state index in [0.717, 1.165) is 12.8 Å². The number of nitrogens with one attached hydrogen (secondary N) is 1. The van der Waals surface area contributed by atoms with Crippen LogP contribution in [0.25, 0.3) is 0 Å². The van der Waals surface area contributed by atoms with Crippen LogP contribution >= 0.6 is 0 Å². The lowest BCUT2D eigenvalue weighted by molar-refractivity contribution is 0.0944. The van der Waals surface area contributed by atoms with Gasteiger partial charge >= 0.3 is 0 Å². The van der Waals surface area contributed by atoms with Gasteiger partial charge in [-0.15, -0.1) is 0 Å². The molecule has 1 amide bonds. The van der Waals surface area contributed by atoms with E-state index in [1.807, 2.05) is 18.2 Å². The molecule has 0 unspecified atom stereocenters. The third kappa shape index (κ3) is 2.50. The van der Waals surface area contributed by atoms with Crippen LogP contribution in [0.1, 0.15) is 28.9 Å². The van der Waals surface area contributed by atoms with E-state index in [1.165, 1.54) is 5.56 Å². The number of rotatable bonds is 4. The highest BCUT2D eigenvalue weighted by atomic mass is 16.1. The first-order valence-electron chi connectivity index (χ1n) is 6.55. The Bertz CT molecular complexity index is 562. The fourth-order valence-electron chi connectivity index (χ4n) is 2.35. The Kier molecular flexibility index (Phi) is 3.03. The first-order valence-corrected chi connectivity index (χ1v) is 6.55. The lowest BCUT2D eigenvalue weighted by atomic mass is 9.96. The zero-order valence-corrected chi connectivity index (χ0v) is 10.7. The number of amides is 1. The highest BCUT2D eigenvalue weighted by Crippen LogP contribution is 2.47. The molecule has 1 aliphatic rings. The maximum atomic E-state index is 12.0. The molecule has 0 radical (unpaired) electrons. The lowest BCUT2D eigenvalue weighted by Crippen LogP contribution is -2.32. The number of pyridine rings is 1. The van der Waals surface area contributed by atoms with Gasteiger partial charge in [0.1, 0.15) is 5.69 Å². The zero-order chi connectivity index (χ0) is 13.1. The quantitative estimate of drug-likeness (QED) is 0.908. The van der Waals surface area contributed by atoms with Gasteiger partial charge in [0.15, 0.2) is 0 Å². The predicted octanol–water partition coefficient (Wildman–Crippen LogP) is 2.54. The summed E-state index contributed by atoms with van der Waals surface area (Å²) in [5.41, 5.74) is 1.94. The summed E-state index contributed by atoms with van der Waals surface area (Å²) in [6, 6.07) is 15.8. The van der Waals surface area contributed by atoms with Gasteiger partial charge in [0.25, 0.3) is 5.91 Å². The van der Waals surface area contributed by atoms with Crippen LogP contribution in [-0.2, 0) is 5.41 Å². The third-order valence-corrected chi connectivity index (χ3v) is 3.72. The van der Waals surface area contributed by atoms with Gasteiger partial charge in [0, 0.05) is 18.2 Å². The van der Waals surface area contributed by atoms with Crippen molar-refractivity contribution < 1.29 is 4.79 Å². The highest BCUT2D eigenvalue weighted by molar-refractivity contribution is 5.92. The SMILES string of the molecule is O=C(NCC1(c2ccccc2)CC1)c1ccccn1. The standard InChI is InChI=1S/C16H16N2O/c19-15(14-8-4-5-11-17-14)18-12-16(9-10-16)13-6-2-1-3-7-13/h1-8,11H,9-10,12H2,(H,18,19). The van der Waals surface area contributed by atoms with Crippen molar-refractivity contribution in [2.75, 3.05) is 6.54 Å². The van der Waals surface area contributed by atoms with Crippen LogP contribution in [0.15, 0.2) is 54.7 Å². The van der Waals surface area contributed by atoms with Gasteiger partial charge in [-0.05, 0) is 30.5 Å². The summed E-state index contributed by atoms with van der Waals surface area (Å²) in [6.07, 6.45) is 3.91. The summed E-state index contributed by atoms with van der Waals surface area (Å²) in [4.78, 5) is 16.0. The minimum Gasteiger partial charge on any atom is -0.350 e. The van der Waals surface area contributed by atoms with E-state index in [4.69, 9.17) is 0 Å². The Hall–Kier alpha value is -2.16. The van der Waals surface area contributed by atoms with Crippen molar-refractivity contribution in [1.29, 1.82) is 0 Å². The number of hydrogen-bond acceptors (Lipinski definition) is 2. The molecule has 1 N–H and O–H groups in total. The van der Waals surface area contributed by atoms with Crippen LogP contribution in [0.3, 0.4) is 0 Å². The molecular formula is C16H16N2O. The fraction of sp³-hybridized carbons (Fsp3) is 0.250. The Morgan fingerprint density at radius 1 is 1.11 bits per heavy atom. The molecule has 0 saturated heterocycles. The molecule has 1 aromatic carbocycles. The van der Waals surface area contributed by atoms with Crippen molar-refractivity contribution in [3.05, 3.63) is 66.0 Å². The van der Waals surface area contributed by atoms with Crippen LogP contribution in [-0.4, -0.2) is 17.4 Å². The first kappa shape index (κ1) is 11.9. The summed E-state index contributed by atoms with van der Waals surface area (Å²) in [5, 5.41) is 3.00. The first-order chi connectivity index (χ1) is 9.30. The van der Waals surface area contributed by atoms with Gasteiger partial charge in [0.2, 0.25) is 0 Å². The molecule has 1 heterocycles. The van der Waals surface area contributed by atoms with Gasteiger partial charge < -0.3 is 5.32 Å². The van der Waals surface area contributed by atoms with Crippen LogP contribution in [0.4, 0.5) is 0 Å². The molecule has 1 aliphatic carbocycles. The molecule has 0 atom stereocenters. The van der Waals surface area contributed by atoms with Crippen molar-refractivity contribution >= 4 is 5.91 Å². The third-order valence-electron chi connectivity index (χ3n) is 3.72. The second kappa shape index (κ2) is 4.84. The Labute approximate surface area is 112 Å². The Balaban J connectivity index is 1.66. The molecular weight excluding hydrogens is 236 g/mol. The summed E-state index contributed by atoms with van der Waals surface area (Å²) < 4.78 is 0. The molecule has 0 spiro atoms. The summed E-state index contributed by atoms with van der Waals surface area (Å²) in [5.74, 6) is -0.0946. The molecule has 3 nitrogen and oxygen atoms in total. The van der Waals surface area contributed by atoms with Crippen molar-refractivity contribution in [2.24, 2.45) is 0 Å². The van der Waals surface area contributed by atoms with E-state index >= 15 is 0 Å². The van der Waals surface area contributed by atoms with E-state index in [-0.39, 0.29) is 11.3 Å². The second-order valence-electron chi connectivity index (χ2n) is 5.04. The van der Waals surface area contributed by atoms with Gasteiger partial charge in [0.05, 0.1) is 0 Å². The summed E-state index contributed by atoms with van der Waals surface area (Å²) in [7, 11) is 0. The highest BCUT2D eigenvalue weighted by Gasteiger charge is 2.44. The molecule has 1 fully saturated rings. The van der Waals surface area contributed by atoms with Gasteiger partial charge in [-0.2, -0.15) is 0 Å². The molecule has 1 aromatic heterocycles. The van der Waals surface area contributed by atoms with Crippen molar-refractivity contribution in [2.45, 2.75) is 18.3 Å². The van der Waals surface area contributed by atoms with Crippen LogP contribution in [0.2, 0.25) is 0 Å². The fourth-order valence-corrected chi connectivity index (χ4v) is 2.35. The number of aromatic nitrogens is 1. The maximum absolute atomic E-state index is 12.0. The van der Waals surface area contributed by atoms with Crippen molar-refractivity contribution in [3.8, 4) is 0 Å². The minimum absolute atomic E-state index is 0.0946. The smallest absolute Gasteiger partial charge is 0.269 e. The average Bonchev–Trinajstić information content (AvgIpc) is 3.28. The van der Waals surface area contributed by atoms with E-state index in [1.54, 1.807) is 12.3 Å². The number of carbonyl (C=O) groups is 1. The number of nitrogens with zero attached hydrogens (tertiary/aromatic N) is 1. The van der Waals surface area contributed by atoms with Crippen LogP contribution in [0, 0.1) is 0 Å². The molecule has 0 bridgehead atoms. The van der Waals surface area contributed by atoms with Gasteiger partial charge in [-0.1, -0.05) is 36.4 Å². The molecule has 19 heavy (non-hydrogen) atoms. The Morgan fingerprint density at radius 3 is 2.47 bits per heavy atom. The van der Waals surface area contributed by atoms with Gasteiger partial charge in [-0.3, -0.25) is 9.78 Å². The molecule has 1 saturated carbocycles. The Morgan fingerprint density at radius 2 is 1.84 bits per heavy atom. The number of benzene rings is 1. The molecule has 2 aromatic rings. The monoisotopic (exact) mass is 252 g/mol. The number of carbonyl (C=O) groups excluding carboxylic acids is 1. The van der Waals surface area contributed by atoms with Crippen molar-refractivity contribution in [1.82, 2.24) is 10.3 Å². The molecule has 0 aliphatic heterocycles. The lowest BCUT2D eigenvalue weighted by Gasteiger charge is -2.16. The molecule has 3 heteroatoms. The van der Waals surface area contributed by atoms with Crippen LogP contribution in [0.5, 0.6) is 0 Å². The topological polar surface area (TPSA) is 42.0 Å². The van der Waals surface area contributed by atoms with E-state index in [2.05, 4.69) is 34.6 Å². The molecule has 96 valence electrons. The summed E-state index contributed by atoms with van der Waals surface area (Å²) in [6.45, 7) is 0.687. The largest absolute Gasteiger partial charge is 0.350 e. The maximum Gasteiger partial charge on any atom is 0.269 e. The average molecular weight is 252 g/mol. The second-order valence-corrected chi connectivity index (χ2v) is 5.04.